The molecule has 0 aliphatic carbocycles. The average molecular weight is 564 g/mol. The van der Waals surface area contributed by atoms with Gasteiger partial charge in [-0.2, -0.15) is 18.4 Å². The van der Waals surface area contributed by atoms with Crippen LogP contribution in [0.25, 0.3) is 0 Å². The molecule has 13 heteroatoms. The number of piperidine rings is 1. The molecule has 0 bridgehead atoms. The number of pyridine rings is 1. The maximum absolute atomic E-state index is 13.6. The van der Waals surface area contributed by atoms with Crippen LogP contribution in [0.2, 0.25) is 0 Å². The predicted octanol–water partition coefficient (Wildman–Crippen LogP) is 1.82. The van der Waals surface area contributed by atoms with Crippen LogP contribution < -0.4 is 15.8 Å². The molecule has 40 heavy (non-hydrogen) atoms. The standard InChI is InChI=1S/C27H36F3N7O3/c28-27(29,30)24-21(16-33-34-25(24)39)37-9-1-2-20(37)17-40-13-5-23(38)36-12-8-26(18-36)6-10-35(11-7-26)22-4-3-19(14-31)15-32-22/h3-4,15,20-21,24,33H,1-2,5-13,16-18H2,(H,34,39)/t20-,21?,24?/m0/s1. The van der Waals surface area contributed by atoms with Crippen molar-refractivity contribution >= 4 is 17.6 Å². The fraction of sp³-hybridized carbons (Fsp3) is 0.704. The molecule has 218 valence electrons. The molecule has 4 fully saturated rings. The number of nitrogens with zero attached hydrogens (tertiary/aromatic N) is 5. The molecule has 10 nitrogen and oxygen atoms in total. The molecule has 2 N–H and O–H groups in total. The van der Waals surface area contributed by atoms with Crippen LogP contribution in [0.15, 0.2) is 18.3 Å². The van der Waals surface area contributed by atoms with Gasteiger partial charge in [-0.3, -0.25) is 19.9 Å². The second-order valence-electron chi connectivity index (χ2n) is 11.4. The third kappa shape index (κ3) is 6.19. The summed E-state index contributed by atoms with van der Waals surface area (Å²) < 4.78 is 46.7. The summed E-state index contributed by atoms with van der Waals surface area (Å²) in [6.07, 6.45) is 1.55. The lowest BCUT2D eigenvalue weighted by molar-refractivity contribution is -0.201. The molecule has 4 aliphatic rings. The lowest BCUT2D eigenvalue weighted by Gasteiger charge is -2.40. The van der Waals surface area contributed by atoms with Crippen LogP contribution in [0, 0.1) is 22.7 Å². The van der Waals surface area contributed by atoms with E-state index in [-0.39, 0.29) is 43.5 Å². The Balaban J connectivity index is 1.05. The van der Waals surface area contributed by atoms with Crippen molar-refractivity contribution < 1.29 is 27.5 Å². The third-order valence-electron chi connectivity index (χ3n) is 8.98. The second-order valence-corrected chi connectivity index (χ2v) is 11.4. The van der Waals surface area contributed by atoms with Gasteiger partial charge < -0.3 is 14.5 Å². The Morgan fingerprint density at radius 2 is 1.98 bits per heavy atom. The van der Waals surface area contributed by atoms with Gasteiger partial charge in [-0.05, 0) is 56.2 Å². The third-order valence-corrected chi connectivity index (χ3v) is 8.98. The van der Waals surface area contributed by atoms with Gasteiger partial charge in [0, 0.05) is 51.0 Å². The van der Waals surface area contributed by atoms with Crippen LogP contribution >= 0.6 is 0 Å². The molecule has 0 saturated carbocycles. The zero-order chi connectivity index (χ0) is 28.3. The molecule has 1 aromatic rings. The van der Waals surface area contributed by atoms with E-state index in [1.165, 1.54) is 0 Å². The molecule has 1 aromatic heterocycles. The fourth-order valence-electron chi connectivity index (χ4n) is 6.70. The minimum atomic E-state index is -4.62. The lowest BCUT2D eigenvalue weighted by Crippen LogP contribution is -2.65. The zero-order valence-electron chi connectivity index (χ0n) is 22.5. The monoisotopic (exact) mass is 563 g/mol. The molecule has 3 atom stereocenters. The molecule has 5 heterocycles. The van der Waals surface area contributed by atoms with Gasteiger partial charge >= 0.3 is 6.18 Å². The van der Waals surface area contributed by atoms with E-state index in [1.54, 1.807) is 17.2 Å². The highest BCUT2D eigenvalue weighted by Gasteiger charge is 2.54. The second kappa shape index (κ2) is 11.9. The van der Waals surface area contributed by atoms with Gasteiger partial charge in [0.1, 0.15) is 11.9 Å². The molecule has 1 spiro atoms. The highest BCUT2D eigenvalue weighted by molar-refractivity contribution is 5.80. The molecule has 2 amide bonds. The number of aromatic nitrogens is 1. The van der Waals surface area contributed by atoms with Crippen LogP contribution in [0.5, 0.6) is 0 Å². The van der Waals surface area contributed by atoms with Gasteiger partial charge in [0.05, 0.1) is 25.2 Å². The number of amides is 2. The Labute approximate surface area is 231 Å². The number of carbonyl (C=O) groups excluding carboxylic acids is 2. The number of ether oxygens (including phenoxy) is 1. The average Bonchev–Trinajstić information content (AvgIpc) is 3.58. The minimum absolute atomic E-state index is 0.0172. The highest BCUT2D eigenvalue weighted by atomic mass is 19.4. The number of nitriles is 1. The SMILES string of the molecule is N#Cc1ccc(N2CCC3(CCN(C(=O)CCOC[C@@H]4CCCN4C4CNNC(=O)C4C(F)(F)F)C3)CC2)nc1. The van der Waals surface area contributed by atoms with Gasteiger partial charge in [-0.25, -0.2) is 10.4 Å². The number of anilines is 1. The molecule has 0 aromatic carbocycles. The van der Waals surface area contributed by atoms with E-state index in [0.29, 0.717) is 18.5 Å². The van der Waals surface area contributed by atoms with Gasteiger partial charge in [0.2, 0.25) is 11.8 Å². The van der Waals surface area contributed by atoms with Crippen molar-refractivity contribution in [3.05, 3.63) is 23.9 Å². The maximum atomic E-state index is 13.6. The number of hydrazine groups is 1. The maximum Gasteiger partial charge on any atom is 0.402 e. The van der Waals surface area contributed by atoms with Gasteiger partial charge in [-0.1, -0.05) is 0 Å². The van der Waals surface area contributed by atoms with Crippen LogP contribution in [0.4, 0.5) is 19.0 Å². The summed E-state index contributed by atoms with van der Waals surface area (Å²) in [6.45, 7) is 4.12. The summed E-state index contributed by atoms with van der Waals surface area (Å²) >= 11 is 0. The van der Waals surface area contributed by atoms with Crippen molar-refractivity contribution in [1.29, 1.82) is 5.26 Å². The van der Waals surface area contributed by atoms with E-state index in [9.17, 15) is 22.8 Å². The predicted molar refractivity (Wildman–Crippen MR) is 139 cm³/mol. The first-order valence-corrected chi connectivity index (χ1v) is 14.0. The number of halogens is 3. The molecule has 2 unspecified atom stereocenters. The summed E-state index contributed by atoms with van der Waals surface area (Å²) in [6, 6.07) is 4.54. The topological polar surface area (TPSA) is 114 Å². The first-order chi connectivity index (χ1) is 19.2. The van der Waals surface area contributed by atoms with Crippen molar-refractivity contribution in [2.45, 2.75) is 56.8 Å². The van der Waals surface area contributed by atoms with E-state index in [2.05, 4.69) is 26.8 Å². The first kappa shape index (κ1) is 28.6. The number of nitrogens with one attached hydrogen (secondary N) is 2. The summed E-state index contributed by atoms with van der Waals surface area (Å²) in [5.74, 6) is -2.22. The number of hydrogen-bond acceptors (Lipinski definition) is 8. The van der Waals surface area contributed by atoms with Gasteiger partial charge in [0.15, 0.2) is 5.92 Å². The molecule has 0 radical (unpaired) electrons. The smallest absolute Gasteiger partial charge is 0.379 e. The Morgan fingerprint density at radius 3 is 2.67 bits per heavy atom. The number of alkyl halides is 3. The van der Waals surface area contributed by atoms with E-state index in [0.717, 1.165) is 57.7 Å². The minimum Gasteiger partial charge on any atom is -0.379 e. The summed E-state index contributed by atoms with van der Waals surface area (Å²) in [4.78, 5) is 35.2. The van der Waals surface area contributed by atoms with E-state index in [1.807, 2.05) is 11.0 Å². The van der Waals surface area contributed by atoms with Crippen LogP contribution in [0.1, 0.15) is 44.1 Å². The van der Waals surface area contributed by atoms with E-state index >= 15 is 0 Å². The molecular formula is C27H36F3N7O3. The number of rotatable bonds is 7. The quantitative estimate of drug-likeness (QED) is 0.483. The first-order valence-electron chi connectivity index (χ1n) is 14.0. The summed E-state index contributed by atoms with van der Waals surface area (Å²) in [7, 11) is 0. The Kier molecular flexibility index (Phi) is 8.49. The summed E-state index contributed by atoms with van der Waals surface area (Å²) in [5.41, 5.74) is 5.35. The van der Waals surface area contributed by atoms with E-state index in [4.69, 9.17) is 10.00 Å². The van der Waals surface area contributed by atoms with Crippen LogP contribution in [-0.2, 0) is 14.3 Å². The number of carbonyl (C=O) groups is 2. The van der Waals surface area contributed by atoms with Crippen molar-refractivity contribution in [2.75, 3.05) is 57.4 Å². The fourth-order valence-corrected chi connectivity index (χ4v) is 6.70. The lowest BCUT2D eigenvalue weighted by atomic mass is 9.78. The van der Waals surface area contributed by atoms with Gasteiger partial charge in [0.25, 0.3) is 0 Å². The molecule has 4 aliphatic heterocycles. The van der Waals surface area contributed by atoms with Crippen LogP contribution in [-0.4, -0.2) is 97.3 Å². The number of hydrogen-bond donors (Lipinski definition) is 2. The molecule has 5 rings (SSSR count). The highest BCUT2D eigenvalue weighted by Crippen LogP contribution is 2.41. The normalized spacial score (nSPS) is 27.1. The number of likely N-dealkylation sites (tertiary alicyclic amines) is 2. The van der Waals surface area contributed by atoms with Gasteiger partial charge in [-0.15, -0.1) is 0 Å². The molecular weight excluding hydrogens is 527 g/mol. The Bertz CT molecular complexity index is 1100. The van der Waals surface area contributed by atoms with Crippen molar-refractivity contribution in [2.24, 2.45) is 11.3 Å². The Morgan fingerprint density at radius 1 is 1.20 bits per heavy atom. The Hall–Kier alpha value is -2.95. The van der Waals surface area contributed by atoms with Crippen molar-refractivity contribution in [3.8, 4) is 6.07 Å². The van der Waals surface area contributed by atoms with Crippen molar-refractivity contribution in [3.63, 3.8) is 0 Å². The zero-order valence-corrected chi connectivity index (χ0v) is 22.5. The molecule has 4 saturated heterocycles. The van der Waals surface area contributed by atoms with Crippen LogP contribution in [0.3, 0.4) is 0 Å². The largest absolute Gasteiger partial charge is 0.402 e. The van der Waals surface area contributed by atoms with E-state index < -0.39 is 24.0 Å². The summed E-state index contributed by atoms with van der Waals surface area (Å²) in [5, 5.41) is 8.97. The van der Waals surface area contributed by atoms with Crippen molar-refractivity contribution in [1.82, 2.24) is 25.6 Å².